The second-order valence-corrected chi connectivity index (χ2v) is 16.7. The van der Waals surface area contributed by atoms with Gasteiger partial charge in [0, 0.05) is 23.3 Å². The third-order valence-corrected chi connectivity index (χ3v) is 11.2. The van der Waals surface area contributed by atoms with Crippen LogP contribution in [0.4, 0.5) is 87.8 Å². The summed E-state index contributed by atoms with van der Waals surface area (Å²) in [5, 5.41) is 13.9. The molecule has 30 heteroatoms. The number of carboxylic acids is 1. The Morgan fingerprint density at radius 3 is 1.11 bits per heavy atom. The summed E-state index contributed by atoms with van der Waals surface area (Å²) in [5.41, 5.74) is -12.3. The van der Waals surface area contributed by atoms with Crippen molar-refractivity contribution in [3.05, 3.63) is 201 Å². The lowest BCUT2D eigenvalue weighted by Crippen LogP contribution is -2.48. The minimum Gasteiger partial charge on any atom is -0.481 e. The summed E-state index contributed by atoms with van der Waals surface area (Å²) in [5.74, 6) is -16.3. The maximum atomic E-state index is 14.7. The lowest BCUT2D eigenvalue weighted by Gasteiger charge is -2.35. The average molecular weight is 1180 g/mol. The highest BCUT2D eigenvalue weighted by Crippen LogP contribution is 2.41. The number of rotatable bonds is 18. The summed E-state index contributed by atoms with van der Waals surface area (Å²) in [6.45, 7) is 0. The summed E-state index contributed by atoms with van der Waals surface area (Å²) in [6.07, 6.45) is -31.7. The molecule has 81 heavy (non-hydrogen) atoms. The number of hydrogen-bond acceptors (Lipinski definition) is 7. The van der Waals surface area contributed by atoms with Crippen LogP contribution < -0.4 is 20.1 Å². The number of carboxylic acid groups (broad SMARTS) is 1. The Bertz CT molecular complexity index is 3270. The Balaban J connectivity index is 0.000000297. The fourth-order valence-electron chi connectivity index (χ4n) is 7.54. The molecule has 0 spiro atoms. The number of hydrogen-bond donors (Lipinski definition) is 3. The molecule has 0 heterocycles. The van der Waals surface area contributed by atoms with Crippen molar-refractivity contribution in [2.24, 2.45) is 0 Å². The Labute approximate surface area is 440 Å². The van der Waals surface area contributed by atoms with Gasteiger partial charge in [0.25, 0.3) is 11.8 Å². The highest BCUT2D eigenvalue weighted by atomic mass is 19.4. The molecule has 0 aromatic heterocycles. The van der Waals surface area contributed by atoms with Crippen molar-refractivity contribution in [3.8, 4) is 11.5 Å². The highest BCUT2D eigenvalue weighted by molar-refractivity contribution is 5.96. The molecule has 0 saturated heterocycles. The van der Waals surface area contributed by atoms with Crippen molar-refractivity contribution in [1.29, 1.82) is 0 Å². The third kappa shape index (κ3) is 15.4. The molecule has 6 aromatic rings. The molecule has 0 bridgehead atoms. The number of alkyl halides is 14. The van der Waals surface area contributed by atoms with Gasteiger partial charge in [0.15, 0.2) is 0 Å². The summed E-state index contributed by atoms with van der Waals surface area (Å²) < 4.78 is 281. The molecule has 0 saturated carbocycles. The first-order valence-electron chi connectivity index (χ1n) is 21.9. The number of aliphatic carboxylic acids is 1. The molecule has 0 aliphatic carbocycles. The standard InChI is InChI=1S/C26H17F10NO4.C25H15F10NO4/c1-40-21(38)12-24(14-3-5-16(27)6-4-14,15-9-17(28)11-18(10-15)41-26(35,36)23(30)31)37-22(39)13-2-7-20(29)19(8-13)25(32,33)34;26-15-4-2-13(3-5-15)23(11-20(37)38,14-8-16(27)10-17(9-14)40-25(34,35)22(29)30)36-21(39)12-1-6-19(28)18(7-12)24(31,32)33/h2-11,23H,12H2,1H3,(H,37,39);1-10,22H,11H2,(H,36,39)(H,37,38)/t24-;23-/m11/s1. The van der Waals surface area contributed by atoms with Crippen molar-refractivity contribution in [2.45, 2.75) is 61.3 Å². The topological polar surface area (TPSA) is 140 Å². The number of methoxy groups -OCH3 is 1. The lowest BCUT2D eigenvalue weighted by atomic mass is 9.79. The van der Waals surface area contributed by atoms with Gasteiger partial charge in [-0.3, -0.25) is 19.2 Å². The monoisotopic (exact) mass is 1180 g/mol. The van der Waals surface area contributed by atoms with Crippen LogP contribution in [0.25, 0.3) is 0 Å². The van der Waals surface area contributed by atoms with Crippen LogP contribution in [-0.2, 0) is 37.8 Å². The van der Waals surface area contributed by atoms with Gasteiger partial charge >= 0.3 is 49.4 Å². The molecule has 0 unspecified atom stereocenters. The van der Waals surface area contributed by atoms with Crippen LogP contribution in [-0.4, -0.2) is 61.0 Å². The molecule has 0 fully saturated rings. The van der Waals surface area contributed by atoms with E-state index in [0.29, 0.717) is 48.5 Å². The van der Waals surface area contributed by atoms with E-state index in [0.717, 1.165) is 55.6 Å². The fraction of sp³-hybridized carbons (Fsp3) is 0.216. The zero-order chi connectivity index (χ0) is 60.8. The lowest BCUT2D eigenvalue weighted by molar-refractivity contribution is -0.253. The van der Waals surface area contributed by atoms with E-state index in [1.165, 1.54) is 0 Å². The van der Waals surface area contributed by atoms with Gasteiger partial charge in [-0.1, -0.05) is 24.3 Å². The first kappa shape index (κ1) is 63.2. The van der Waals surface area contributed by atoms with E-state index in [1.54, 1.807) is 0 Å². The molecule has 0 aliphatic heterocycles. The Morgan fingerprint density at radius 2 is 0.802 bits per heavy atom. The number of halogens is 20. The number of benzene rings is 6. The normalized spacial score (nSPS) is 13.5. The third-order valence-electron chi connectivity index (χ3n) is 11.2. The molecule has 10 nitrogen and oxygen atoms in total. The minimum absolute atomic E-state index is 0.101. The van der Waals surface area contributed by atoms with Gasteiger partial charge in [-0.25, -0.2) is 26.3 Å². The molecule has 2 amide bonds. The number of nitrogens with one attached hydrogen (secondary N) is 2. The molecule has 3 N–H and O–H groups in total. The van der Waals surface area contributed by atoms with E-state index in [9.17, 15) is 112 Å². The quantitative estimate of drug-likeness (QED) is 0.0571. The van der Waals surface area contributed by atoms with E-state index in [2.05, 4.69) is 24.8 Å². The predicted molar refractivity (Wildman–Crippen MR) is 237 cm³/mol. The van der Waals surface area contributed by atoms with Crippen LogP contribution >= 0.6 is 0 Å². The Morgan fingerprint density at radius 1 is 0.457 bits per heavy atom. The first-order valence-corrected chi connectivity index (χ1v) is 21.9. The van der Waals surface area contributed by atoms with Gasteiger partial charge in [-0.15, -0.1) is 0 Å². The van der Waals surface area contributed by atoms with Crippen molar-refractivity contribution in [3.63, 3.8) is 0 Å². The van der Waals surface area contributed by atoms with Gasteiger partial charge in [0.05, 0.1) is 31.1 Å². The predicted octanol–water partition coefficient (Wildman–Crippen LogP) is 13.1. The van der Waals surface area contributed by atoms with Gasteiger partial charge in [-0.2, -0.15) is 61.5 Å². The maximum absolute atomic E-state index is 14.7. The van der Waals surface area contributed by atoms with Crippen LogP contribution in [0.5, 0.6) is 11.5 Å². The second-order valence-electron chi connectivity index (χ2n) is 16.7. The van der Waals surface area contributed by atoms with Gasteiger partial charge in [-0.05, 0) is 107 Å². The minimum atomic E-state index is -5.25. The first-order chi connectivity index (χ1) is 37.4. The molecular formula is C51H32F20N2O8. The average Bonchev–Trinajstić information content (AvgIpc) is 3.57. The SMILES string of the molecule is COC(=O)C[C@@](NC(=O)c1ccc(F)c(C(F)(F)F)c1)(c1ccc(F)cc1)c1cc(F)cc(OC(F)(F)C(F)F)c1.O=C(O)C[C@@](NC(=O)c1ccc(F)c(C(F)(F)F)c1)(c1ccc(F)cc1)c1cc(F)cc(OC(F)(F)C(F)F)c1. The zero-order valence-electron chi connectivity index (χ0n) is 40.0. The Kier molecular flexibility index (Phi) is 19.1. The van der Waals surface area contributed by atoms with Crippen LogP contribution in [0, 0.1) is 34.9 Å². The van der Waals surface area contributed by atoms with Crippen LogP contribution in [0.15, 0.2) is 121 Å². The largest absolute Gasteiger partial charge is 0.481 e. The van der Waals surface area contributed by atoms with Gasteiger partial charge in [0.2, 0.25) is 0 Å². The van der Waals surface area contributed by atoms with Crippen molar-refractivity contribution in [1.82, 2.24) is 10.6 Å². The molecule has 6 rings (SSSR count). The van der Waals surface area contributed by atoms with Crippen molar-refractivity contribution < 1.29 is 126 Å². The van der Waals surface area contributed by atoms with Crippen molar-refractivity contribution in [2.75, 3.05) is 7.11 Å². The summed E-state index contributed by atoms with van der Waals surface area (Å²) >= 11 is 0. The molecular weight excluding hydrogens is 1150 g/mol. The van der Waals surface area contributed by atoms with Gasteiger partial charge in [0.1, 0.15) is 57.5 Å². The number of carbonyl (C=O) groups is 4. The molecule has 6 aromatic carbocycles. The molecule has 2 atom stereocenters. The van der Waals surface area contributed by atoms with Crippen LogP contribution in [0.3, 0.4) is 0 Å². The molecule has 434 valence electrons. The molecule has 0 radical (unpaired) electrons. The number of esters is 1. The van der Waals surface area contributed by atoms with E-state index < -0.39 is 165 Å². The zero-order valence-corrected chi connectivity index (χ0v) is 40.0. The number of carbonyl (C=O) groups excluding carboxylic acids is 3. The molecule has 0 aliphatic rings. The van der Waals surface area contributed by atoms with E-state index in [1.807, 2.05) is 0 Å². The summed E-state index contributed by atoms with van der Waals surface area (Å²) in [7, 11) is 0.887. The van der Waals surface area contributed by atoms with Gasteiger partial charge < -0.3 is 30.0 Å². The maximum Gasteiger partial charge on any atom is 0.461 e. The highest BCUT2D eigenvalue weighted by Gasteiger charge is 2.47. The summed E-state index contributed by atoms with van der Waals surface area (Å²) in [6, 6.07) is 11.6. The Hall–Kier alpha value is -8.60. The van der Waals surface area contributed by atoms with E-state index in [4.69, 9.17) is 0 Å². The number of amides is 2. The van der Waals surface area contributed by atoms with Crippen LogP contribution in [0.1, 0.15) is 66.9 Å². The van der Waals surface area contributed by atoms with Crippen molar-refractivity contribution >= 4 is 23.8 Å². The van der Waals surface area contributed by atoms with Crippen LogP contribution in [0.2, 0.25) is 0 Å². The smallest absolute Gasteiger partial charge is 0.461 e. The summed E-state index contributed by atoms with van der Waals surface area (Å²) in [4.78, 5) is 50.8. The van der Waals surface area contributed by atoms with E-state index in [-0.39, 0.29) is 35.4 Å². The number of ether oxygens (including phenoxy) is 3. The second kappa shape index (κ2) is 24.4. The fourth-order valence-corrected chi connectivity index (χ4v) is 7.54. The van der Waals surface area contributed by atoms with E-state index >= 15 is 0 Å².